The second-order valence-corrected chi connectivity index (χ2v) is 6.27. The van der Waals surface area contributed by atoms with Crippen LogP contribution < -0.4 is 15.5 Å². The third-order valence-corrected chi connectivity index (χ3v) is 4.46. The number of aromatic nitrogens is 1. The zero-order valence-electron chi connectivity index (χ0n) is 13.6. The molecule has 1 aromatic heterocycles. The van der Waals surface area contributed by atoms with Gasteiger partial charge in [-0.05, 0) is 49.8 Å². The first kappa shape index (κ1) is 16.1. The maximum Gasteiger partial charge on any atom is 0.315 e. The van der Waals surface area contributed by atoms with Gasteiger partial charge < -0.3 is 20.3 Å². The highest BCUT2D eigenvalue weighted by Gasteiger charge is 2.16. The number of pyridine rings is 1. The van der Waals surface area contributed by atoms with E-state index in [1.165, 1.54) is 19.3 Å². The van der Waals surface area contributed by atoms with Crippen LogP contribution in [0.1, 0.15) is 37.7 Å². The van der Waals surface area contributed by atoms with Crippen molar-refractivity contribution in [3.63, 3.8) is 0 Å². The van der Waals surface area contributed by atoms with Crippen LogP contribution in [0.4, 0.5) is 10.6 Å². The minimum atomic E-state index is -0.142. The summed E-state index contributed by atoms with van der Waals surface area (Å²) in [6, 6.07) is 3.89. The Balaban J connectivity index is 1.44. The molecule has 2 aliphatic rings. The van der Waals surface area contributed by atoms with Gasteiger partial charge in [0.15, 0.2) is 0 Å². The van der Waals surface area contributed by atoms with E-state index >= 15 is 0 Å². The summed E-state index contributed by atoms with van der Waals surface area (Å²) in [5, 5.41) is 5.77. The molecular formula is C17H26N4O2. The van der Waals surface area contributed by atoms with Gasteiger partial charge in [0.25, 0.3) is 0 Å². The Kier molecular flexibility index (Phi) is 5.69. The lowest BCUT2D eigenvalue weighted by Gasteiger charge is -2.27. The lowest BCUT2D eigenvalue weighted by Crippen LogP contribution is -2.39. The SMILES string of the molecule is O=C(NCc1ccnc(N2CCCCC2)c1)NC[C@@H]1CCCO1. The quantitative estimate of drug-likeness (QED) is 0.872. The van der Waals surface area contributed by atoms with Gasteiger partial charge in [0.05, 0.1) is 6.10 Å². The van der Waals surface area contributed by atoms with E-state index in [1.54, 1.807) is 0 Å². The van der Waals surface area contributed by atoms with Crippen LogP contribution in [0.15, 0.2) is 18.3 Å². The molecule has 2 saturated heterocycles. The lowest BCUT2D eigenvalue weighted by molar-refractivity contribution is 0.111. The van der Waals surface area contributed by atoms with Crippen molar-refractivity contribution in [1.29, 1.82) is 0 Å². The number of hydrogen-bond acceptors (Lipinski definition) is 4. The van der Waals surface area contributed by atoms with E-state index in [0.717, 1.165) is 43.9 Å². The van der Waals surface area contributed by atoms with Crippen molar-refractivity contribution in [3.8, 4) is 0 Å². The monoisotopic (exact) mass is 318 g/mol. The van der Waals surface area contributed by atoms with Gasteiger partial charge in [0.2, 0.25) is 0 Å². The third kappa shape index (κ3) is 4.82. The molecule has 0 unspecified atom stereocenters. The normalized spacial score (nSPS) is 21.2. The van der Waals surface area contributed by atoms with E-state index in [9.17, 15) is 4.79 Å². The van der Waals surface area contributed by atoms with Crippen molar-refractivity contribution in [2.45, 2.75) is 44.8 Å². The van der Waals surface area contributed by atoms with Gasteiger partial charge in [-0.15, -0.1) is 0 Å². The van der Waals surface area contributed by atoms with Crippen LogP contribution in [-0.4, -0.2) is 43.4 Å². The number of nitrogens with one attached hydrogen (secondary N) is 2. The van der Waals surface area contributed by atoms with Crippen LogP contribution in [0.2, 0.25) is 0 Å². The second-order valence-electron chi connectivity index (χ2n) is 6.27. The Bertz CT molecular complexity index is 511. The van der Waals surface area contributed by atoms with Crippen molar-refractivity contribution < 1.29 is 9.53 Å². The van der Waals surface area contributed by atoms with Gasteiger partial charge in [0.1, 0.15) is 5.82 Å². The topological polar surface area (TPSA) is 66.5 Å². The average molecular weight is 318 g/mol. The van der Waals surface area contributed by atoms with E-state index in [0.29, 0.717) is 13.1 Å². The molecule has 2 aliphatic heterocycles. The number of urea groups is 1. The van der Waals surface area contributed by atoms with Crippen molar-refractivity contribution in [1.82, 2.24) is 15.6 Å². The summed E-state index contributed by atoms with van der Waals surface area (Å²) >= 11 is 0. The molecule has 2 amide bonds. The van der Waals surface area contributed by atoms with Crippen LogP contribution in [0.3, 0.4) is 0 Å². The number of rotatable bonds is 5. The summed E-state index contributed by atoms with van der Waals surface area (Å²) in [7, 11) is 0. The van der Waals surface area contributed by atoms with E-state index in [-0.39, 0.29) is 12.1 Å². The number of piperidine rings is 1. The van der Waals surface area contributed by atoms with E-state index < -0.39 is 0 Å². The van der Waals surface area contributed by atoms with Crippen molar-refractivity contribution in [2.75, 3.05) is 31.1 Å². The van der Waals surface area contributed by atoms with Gasteiger partial charge >= 0.3 is 6.03 Å². The molecule has 6 nitrogen and oxygen atoms in total. The van der Waals surface area contributed by atoms with Crippen LogP contribution in [0.25, 0.3) is 0 Å². The van der Waals surface area contributed by atoms with Crippen molar-refractivity contribution >= 4 is 11.8 Å². The Morgan fingerprint density at radius 1 is 1.26 bits per heavy atom. The fourth-order valence-electron chi connectivity index (χ4n) is 3.12. The van der Waals surface area contributed by atoms with Gasteiger partial charge in [0, 0.05) is 39.0 Å². The van der Waals surface area contributed by atoms with E-state index in [4.69, 9.17) is 4.74 Å². The molecule has 0 aliphatic carbocycles. The fraction of sp³-hybridized carbons (Fsp3) is 0.647. The summed E-state index contributed by atoms with van der Waals surface area (Å²) in [6.45, 7) is 4.06. The Labute approximate surface area is 137 Å². The number of carbonyl (C=O) groups excluding carboxylic acids is 1. The Morgan fingerprint density at radius 3 is 2.91 bits per heavy atom. The number of hydrogen-bond donors (Lipinski definition) is 2. The number of ether oxygens (including phenoxy) is 1. The Hall–Kier alpha value is -1.82. The first-order valence-corrected chi connectivity index (χ1v) is 8.64. The molecule has 0 radical (unpaired) electrons. The zero-order valence-corrected chi connectivity index (χ0v) is 13.6. The molecule has 2 N–H and O–H groups in total. The van der Waals surface area contributed by atoms with Crippen LogP contribution in [-0.2, 0) is 11.3 Å². The van der Waals surface area contributed by atoms with Crippen LogP contribution in [0, 0.1) is 0 Å². The van der Waals surface area contributed by atoms with Gasteiger partial charge in [-0.25, -0.2) is 9.78 Å². The van der Waals surface area contributed by atoms with Crippen LogP contribution in [0.5, 0.6) is 0 Å². The molecule has 23 heavy (non-hydrogen) atoms. The van der Waals surface area contributed by atoms with Gasteiger partial charge in [-0.3, -0.25) is 0 Å². The summed E-state index contributed by atoms with van der Waals surface area (Å²) < 4.78 is 5.49. The average Bonchev–Trinajstić information content (AvgIpc) is 3.13. The molecule has 3 rings (SSSR count). The summed E-state index contributed by atoms with van der Waals surface area (Å²) in [5.41, 5.74) is 1.08. The number of nitrogens with zero attached hydrogens (tertiary/aromatic N) is 2. The molecule has 6 heteroatoms. The molecule has 126 valence electrons. The van der Waals surface area contributed by atoms with Crippen molar-refractivity contribution in [2.24, 2.45) is 0 Å². The second kappa shape index (κ2) is 8.15. The van der Waals surface area contributed by atoms with Gasteiger partial charge in [-0.2, -0.15) is 0 Å². The molecule has 0 aromatic carbocycles. The van der Waals surface area contributed by atoms with E-state index in [2.05, 4.69) is 26.6 Å². The molecular weight excluding hydrogens is 292 g/mol. The third-order valence-electron chi connectivity index (χ3n) is 4.46. The minimum absolute atomic E-state index is 0.142. The number of amides is 2. The number of carbonyl (C=O) groups is 1. The highest BCUT2D eigenvalue weighted by molar-refractivity contribution is 5.73. The van der Waals surface area contributed by atoms with Crippen molar-refractivity contribution in [3.05, 3.63) is 23.9 Å². The molecule has 3 heterocycles. The molecule has 1 aromatic rings. The molecule has 0 spiro atoms. The van der Waals surface area contributed by atoms with E-state index in [1.807, 2.05) is 12.3 Å². The van der Waals surface area contributed by atoms with Gasteiger partial charge in [-0.1, -0.05) is 0 Å². The molecule has 0 saturated carbocycles. The lowest BCUT2D eigenvalue weighted by atomic mass is 10.1. The highest BCUT2D eigenvalue weighted by Crippen LogP contribution is 2.18. The summed E-state index contributed by atoms with van der Waals surface area (Å²) in [4.78, 5) is 18.6. The number of anilines is 1. The maximum atomic E-state index is 11.9. The standard InChI is InChI=1S/C17H26N4O2/c22-17(20-13-15-5-4-10-23-15)19-12-14-6-7-18-16(11-14)21-8-2-1-3-9-21/h6-7,11,15H,1-5,8-10,12-13H2,(H2,19,20,22)/t15-/m0/s1. The zero-order chi connectivity index (χ0) is 15.9. The largest absolute Gasteiger partial charge is 0.376 e. The predicted octanol–water partition coefficient (Wildman–Crippen LogP) is 2.05. The first-order chi connectivity index (χ1) is 11.3. The molecule has 1 atom stereocenters. The van der Waals surface area contributed by atoms with Crippen LogP contribution >= 0.6 is 0 Å². The minimum Gasteiger partial charge on any atom is -0.376 e. The summed E-state index contributed by atoms with van der Waals surface area (Å²) in [6.07, 6.45) is 7.89. The fourth-order valence-corrected chi connectivity index (χ4v) is 3.12. The predicted molar refractivity (Wildman–Crippen MR) is 89.5 cm³/mol. The first-order valence-electron chi connectivity index (χ1n) is 8.64. The molecule has 2 fully saturated rings. The maximum absolute atomic E-state index is 11.9. The highest BCUT2D eigenvalue weighted by atomic mass is 16.5. The summed E-state index contributed by atoms with van der Waals surface area (Å²) in [5.74, 6) is 1.02. The molecule has 0 bridgehead atoms. The Morgan fingerprint density at radius 2 is 2.13 bits per heavy atom. The smallest absolute Gasteiger partial charge is 0.315 e.